The van der Waals surface area contributed by atoms with Crippen LogP contribution in [0.15, 0.2) is 29.0 Å². The minimum absolute atomic E-state index is 0.356. The summed E-state index contributed by atoms with van der Waals surface area (Å²) in [5, 5.41) is 14.9. The first-order valence-electron chi connectivity index (χ1n) is 7.26. The van der Waals surface area contributed by atoms with Gasteiger partial charge < -0.3 is 14.8 Å². The molecule has 20 heavy (non-hydrogen) atoms. The quantitative estimate of drug-likeness (QED) is 0.898. The number of rotatable bonds is 3. The molecule has 0 unspecified atom stereocenters. The molecular weight excluding hydrogens is 252 g/mol. The fourth-order valence-corrected chi connectivity index (χ4v) is 2.85. The molecule has 0 bridgehead atoms. The minimum Gasteiger partial charge on any atom is -0.464 e. The van der Waals surface area contributed by atoms with Gasteiger partial charge in [-0.15, -0.1) is 0 Å². The van der Waals surface area contributed by atoms with Crippen LogP contribution in [-0.2, 0) is 0 Å². The maximum absolute atomic E-state index is 10.7. The molecule has 1 saturated carbocycles. The van der Waals surface area contributed by atoms with Crippen molar-refractivity contribution in [1.82, 2.24) is 4.98 Å². The molecule has 0 amide bonds. The van der Waals surface area contributed by atoms with Gasteiger partial charge in [0.2, 0.25) is 0 Å². The summed E-state index contributed by atoms with van der Waals surface area (Å²) < 4.78 is 5.36. The van der Waals surface area contributed by atoms with Gasteiger partial charge in [-0.2, -0.15) is 0 Å². The van der Waals surface area contributed by atoms with Crippen LogP contribution < -0.4 is 5.32 Å². The van der Waals surface area contributed by atoms with Crippen molar-refractivity contribution in [2.75, 3.05) is 11.9 Å². The summed E-state index contributed by atoms with van der Waals surface area (Å²) in [6.07, 6.45) is 7.20. The summed E-state index contributed by atoms with van der Waals surface area (Å²) in [7, 11) is 0. The Hall–Kier alpha value is -1.55. The number of fused-ring (bicyclic) bond motifs is 1. The van der Waals surface area contributed by atoms with Gasteiger partial charge in [-0.25, -0.2) is 4.98 Å². The van der Waals surface area contributed by atoms with Gasteiger partial charge in [-0.3, -0.25) is 0 Å². The number of furan rings is 1. The molecule has 0 aromatic carbocycles. The van der Waals surface area contributed by atoms with Gasteiger partial charge in [-0.1, -0.05) is 13.8 Å². The zero-order chi connectivity index (χ0) is 14.2. The van der Waals surface area contributed by atoms with Gasteiger partial charge >= 0.3 is 0 Å². The number of nitrogens with zero attached hydrogens (tertiary/aromatic N) is 1. The van der Waals surface area contributed by atoms with E-state index in [2.05, 4.69) is 24.1 Å². The van der Waals surface area contributed by atoms with Crippen molar-refractivity contribution >= 4 is 16.8 Å². The van der Waals surface area contributed by atoms with E-state index in [4.69, 9.17) is 4.42 Å². The Morgan fingerprint density at radius 1 is 1.25 bits per heavy atom. The molecule has 3 rings (SSSR count). The van der Waals surface area contributed by atoms with Crippen molar-refractivity contribution < 1.29 is 9.52 Å². The van der Waals surface area contributed by atoms with Gasteiger partial charge in [-0.05, 0) is 43.2 Å². The highest BCUT2D eigenvalue weighted by Gasteiger charge is 2.36. The highest BCUT2D eigenvalue weighted by molar-refractivity contribution is 5.87. The second kappa shape index (κ2) is 4.77. The van der Waals surface area contributed by atoms with E-state index in [1.54, 1.807) is 12.5 Å². The molecule has 0 spiro atoms. The number of aromatic nitrogens is 1. The molecule has 1 aliphatic carbocycles. The zero-order valence-corrected chi connectivity index (χ0v) is 12.1. The molecule has 4 nitrogen and oxygen atoms in total. The predicted molar refractivity (Wildman–Crippen MR) is 79.7 cm³/mol. The Labute approximate surface area is 119 Å². The van der Waals surface area contributed by atoms with Crippen molar-refractivity contribution in [2.45, 2.75) is 45.1 Å². The van der Waals surface area contributed by atoms with Crippen LogP contribution in [0.1, 0.15) is 39.5 Å². The van der Waals surface area contributed by atoms with Crippen molar-refractivity contribution in [3.63, 3.8) is 0 Å². The number of hydrogen-bond acceptors (Lipinski definition) is 4. The molecule has 0 aliphatic heterocycles. The van der Waals surface area contributed by atoms with Crippen molar-refractivity contribution in [2.24, 2.45) is 5.41 Å². The van der Waals surface area contributed by atoms with Crippen LogP contribution in [0.4, 0.5) is 5.82 Å². The third-order valence-electron chi connectivity index (χ3n) is 4.50. The zero-order valence-electron chi connectivity index (χ0n) is 12.1. The van der Waals surface area contributed by atoms with Crippen LogP contribution in [0, 0.1) is 5.41 Å². The Morgan fingerprint density at radius 3 is 2.75 bits per heavy atom. The van der Waals surface area contributed by atoms with Crippen LogP contribution in [0.25, 0.3) is 11.0 Å². The lowest BCUT2D eigenvalue weighted by molar-refractivity contribution is -0.0145. The van der Waals surface area contributed by atoms with Crippen LogP contribution >= 0.6 is 0 Å². The molecule has 1 aliphatic rings. The molecule has 2 heterocycles. The number of pyridine rings is 1. The Balaban J connectivity index is 1.69. The topological polar surface area (TPSA) is 58.3 Å². The first-order chi connectivity index (χ1) is 9.48. The molecular formula is C16H22N2O2. The summed E-state index contributed by atoms with van der Waals surface area (Å²) in [5.41, 5.74) is 0.553. The average Bonchev–Trinajstić information content (AvgIpc) is 2.89. The molecule has 2 aromatic heterocycles. The van der Waals surface area contributed by atoms with Gasteiger partial charge in [0.05, 0.1) is 17.3 Å². The lowest BCUT2D eigenvalue weighted by Crippen LogP contribution is -2.42. The Kier molecular flexibility index (Phi) is 3.21. The second-order valence-corrected chi connectivity index (χ2v) is 6.73. The summed E-state index contributed by atoms with van der Waals surface area (Å²) >= 11 is 0. The number of hydrogen-bond donors (Lipinski definition) is 2. The van der Waals surface area contributed by atoms with E-state index in [1.807, 2.05) is 12.1 Å². The second-order valence-electron chi connectivity index (χ2n) is 6.73. The predicted octanol–water partition coefficient (Wildman–Crippen LogP) is 3.57. The molecule has 2 aromatic rings. The highest BCUT2D eigenvalue weighted by Crippen LogP contribution is 2.40. The normalized spacial score (nSPS) is 20.9. The smallest absolute Gasteiger partial charge is 0.139 e. The van der Waals surface area contributed by atoms with Crippen LogP contribution in [0.2, 0.25) is 0 Å². The Bertz CT molecular complexity index is 593. The van der Waals surface area contributed by atoms with Crippen molar-refractivity contribution in [3.8, 4) is 0 Å². The summed E-state index contributed by atoms with van der Waals surface area (Å²) in [6, 6.07) is 3.75. The standard InChI is InChI=1S/C16H22N2O2/c1-15(2)5-7-16(19,8-6-15)11-18-14-12-4-10-20-13(12)3-9-17-14/h3-4,9-10,19H,5-8,11H2,1-2H3,(H,17,18). The molecule has 108 valence electrons. The van der Waals surface area contributed by atoms with Crippen LogP contribution in [0.3, 0.4) is 0 Å². The van der Waals surface area contributed by atoms with Crippen molar-refractivity contribution in [1.29, 1.82) is 0 Å². The van der Waals surface area contributed by atoms with E-state index in [9.17, 15) is 5.11 Å². The third-order valence-corrected chi connectivity index (χ3v) is 4.50. The van der Waals surface area contributed by atoms with E-state index in [1.165, 1.54) is 0 Å². The van der Waals surface area contributed by atoms with E-state index < -0.39 is 5.60 Å². The number of anilines is 1. The SMILES string of the molecule is CC1(C)CCC(O)(CNc2nccc3occc23)CC1. The number of aliphatic hydroxyl groups is 1. The third kappa shape index (κ3) is 2.66. The van der Waals surface area contributed by atoms with Crippen LogP contribution in [0.5, 0.6) is 0 Å². The fraction of sp³-hybridized carbons (Fsp3) is 0.562. The van der Waals surface area contributed by atoms with Crippen molar-refractivity contribution in [3.05, 3.63) is 24.6 Å². The highest BCUT2D eigenvalue weighted by atomic mass is 16.3. The fourth-order valence-electron chi connectivity index (χ4n) is 2.85. The van der Waals surface area contributed by atoms with E-state index in [0.717, 1.165) is 42.5 Å². The van der Waals surface area contributed by atoms with E-state index in [-0.39, 0.29) is 0 Å². The molecule has 0 saturated heterocycles. The van der Waals surface area contributed by atoms with Gasteiger partial charge in [0.15, 0.2) is 0 Å². The molecule has 4 heteroatoms. The van der Waals surface area contributed by atoms with E-state index in [0.29, 0.717) is 12.0 Å². The first-order valence-corrected chi connectivity index (χ1v) is 7.26. The monoisotopic (exact) mass is 274 g/mol. The average molecular weight is 274 g/mol. The van der Waals surface area contributed by atoms with E-state index >= 15 is 0 Å². The first kappa shape index (κ1) is 13.4. The summed E-state index contributed by atoms with van der Waals surface area (Å²) in [6.45, 7) is 5.09. The van der Waals surface area contributed by atoms with Gasteiger partial charge in [0.1, 0.15) is 11.4 Å². The van der Waals surface area contributed by atoms with Gasteiger partial charge in [0.25, 0.3) is 0 Å². The minimum atomic E-state index is -0.622. The lowest BCUT2D eigenvalue weighted by Gasteiger charge is -2.40. The summed E-state index contributed by atoms with van der Waals surface area (Å²) in [4.78, 5) is 4.34. The molecule has 0 radical (unpaired) electrons. The number of nitrogens with one attached hydrogen (secondary N) is 1. The maximum Gasteiger partial charge on any atom is 0.139 e. The molecule has 2 N–H and O–H groups in total. The maximum atomic E-state index is 10.7. The van der Waals surface area contributed by atoms with Gasteiger partial charge in [0, 0.05) is 12.7 Å². The Morgan fingerprint density at radius 2 is 2.00 bits per heavy atom. The molecule has 1 fully saturated rings. The largest absolute Gasteiger partial charge is 0.464 e. The van der Waals surface area contributed by atoms with Crippen LogP contribution in [-0.4, -0.2) is 22.2 Å². The lowest BCUT2D eigenvalue weighted by atomic mass is 9.71. The summed E-state index contributed by atoms with van der Waals surface area (Å²) in [5.74, 6) is 0.787. The molecule has 0 atom stereocenters.